The Balaban J connectivity index is 1.98. The molecule has 4 aromatic rings. The predicted octanol–water partition coefficient (Wildman–Crippen LogP) is 6.85. The molecular weight excluding hydrogens is 420 g/mol. The van der Waals surface area contributed by atoms with Gasteiger partial charge in [-0.1, -0.05) is 41.5 Å². The molecule has 0 radical (unpaired) electrons. The van der Waals surface area contributed by atoms with Crippen molar-refractivity contribution in [3.05, 3.63) is 34.9 Å². The third kappa shape index (κ3) is 3.91. The van der Waals surface area contributed by atoms with Gasteiger partial charge in [0.05, 0.1) is 11.4 Å². The molecule has 0 bridgehead atoms. The Morgan fingerprint density at radius 3 is 1.24 bits per heavy atom. The van der Waals surface area contributed by atoms with Crippen LogP contribution in [0.1, 0.15) is 102 Å². The first-order valence-corrected chi connectivity index (χ1v) is 13.1. The maximum Gasteiger partial charge on any atom is 0.159 e. The smallest absolute Gasteiger partial charge is 0.159 e. The van der Waals surface area contributed by atoms with Crippen molar-refractivity contribution in [2.24, 2.45) is 14.1 Å². The third-order valence-electron chi connectivity index (χ3n) is 7.52. The first-order valence-electron chi connectivity index (χ1n) is 13.1. The van der Waals surface area contributed by atoms with Gasteiger partial charge in [0.2, 0.25) is 0 Å². The molecule has 4 heterocycles. The zero-order valence-electron chi connectivity index (χ0n) is 22.2. The van der Waals surface area contributed by atoms with Crippen LogP contribution in [0.3, 0.4) is 0 Å². The van der Waals surface area contributed by atoms with E-state index in [9.17, 15) is 0 Å². The van der Waals surface area contributed by atoms with Crippen LogP contribution in [0.15, 0.2) is 12.4 Å². The molecule has 0 unspecified atom stereocenters. The Labute approximate surface area is 203 Å². The van der Waals surface area contributed by atoms with Crippen molar-refractivity contribution in [3.8, 4) is 11.4 Å². The largest absolute Gasteiger partial charge is 0.334 e. The number of fused-ring (bicyclic) bond motifs is 2. The number of rotatable bonds is 9. The molecule has 34 heavy (non-hydrogen) atoms. The summed E-state index contributed by atoms with van der Waals surface area (Å²) in [5, 5.41) is 0. The minimum absolute atomic E-state index is 0.503. The summed E-state index contributed by atoms with van der Waals surface area (Å²) in [6.45, 7) is 13.3. The Hall–Kier alpha value is -2.76. The molecule has 4 aromatic heterocycles. The van der Waals surface area contributed by atoms with E-state index in [0.717, 1.165) is 83.6 Å². The van der Waals surface area contributed by atoms with Crippen LogP contribution in [0.5, 0.6) is 0 Å². The van der Waals surface area contributed by atoms with E-state index in [-0.39, 0.29) is 0 Å². The lowest BCUT2D eigenvalue weighted by Crippen LogP contribution is -2.06. The number of aromatic nitrogens is 6. The van der Waals surface area contributed by atoms with Crippen molar-refractivity contribution in [1.82, 2.24) is 29.1 Å². The molecule has 0 aromatic carbocycles. The number of nitrogens with zero attached hydrogens (tertiary/aromatic N) is 6. The van der Waals surface area contributed by atoms with Gasteiger partial charge in [-0.3, -0.25) is 0 Å². The number of hydrogen-bond acceptors (Lipinski definition) is 4. The predicted molar refractivity (Wildman–Crippen MR) is 141 cm³/mol. The highest BCUT2D eigenvalue weighted by Gasteiger charge is 2.24. The molecule has 0 aliphatic rings. The highest BCUT2D eigenvalue weighted by atomic mass is 15.1. The SMILES string of the molecule is CCc1nc2c(C(CC)CC)cn(C)c2nc1-c1nc2c(nc1CC)c(C(CC)CC)cn2C. The van der Waals surface area contributed by atoms with E-state index in [1.807, 2.05) is 0 Å². The summed E-state index contributed by atoms with van der Waals surface area (Å²) in [6, 6.07) is 0. The van der Waals surface area contributed by atoms with E-state index in [1.54, 1.807) is 0 Å². The van der Waals surface area contributed by atoms with Gasteiger partial charge >= 0.3 is 0 Å². The van der Waals surface area contributed by atoms with Crippen LogP contribution in [-0.4, -0.2) is 29.1 Å². The Kier molecular flexibility index (Phi) is 7.06. The van der Waals surface area contributed by atoms with Crippen molar-refractivity contribution >= 4 is 22.3 Å². The van der Waals surface area contributed by atoms with Crippen LogP contribution >= 0.6 is 0 Å². The highest BCUT2D eigenvalue weighted by molar-refractivity contribution is 5.83. The van der Waals surface area contributed by atoms with E-state index in [4.69, 9.17) is 19.9 Å². The van der Waals surface area contributed by atoms with E-state index >= 15 is 0 Å². The molecule has 0 fully saturated rings. The summed E-state index contributed by atoms with van der Waals surface area (Å²) in [4.78, 5) is 20.8. The molecule has 0 spiro atoms. The number of aryl methyl sites for hydroxylation is 4. The fourth-order valence-corrected chi connectivity index (χ4v) is 5.39. The minimum atomic E-state index is 0.503. The lowest BCUT2D eigenvalue weighted by atomic mass is 9.95. The van der Waals surface area contributed by atoms with Crippen LogP contribution in [0.4, 0.5) is 0 Å². The molecule has 0 aliphatic carbocycles. The average molecular weight is 461 g/mol. The van der Waals surface area contributed by atoms with Crippen molar-refractivity contribution in [2.45, 2.75) is 91.9 Å². The number of hydrogen-bond donors (Lipinski definition) is 0. The fraction of sp³-hybridized carbons (Fsp3) is 0.571. The standard InChI is InChI=1S/C28H40N6/c1-9-17(10-2)19-15-33(7)27-23(19)29-21(13-5)25(31-27)26-22(14-6)30-24-20(18(11-3)12-4)16-34(8)28(24)32-26/h15-18H,9-14H2,1-8H3. The normalized spacial score (nSPS) is 12.2. The van der Waals surface area contributed by atoms with Gasteiger partial charge in [0.1, 0.15) is 22.4 Å². The van der Waals surface area contributed by atoms with Gasteiger partial charge in [-0.25, -0.2) is 19.9 Å². The van der Waals surface area contributed by atoms with E-state index < -0.39 is 0 Å². The quantitative estimate of drug-likeness (QED) is 0.274. The monoisotopic (exact) mass is 460 g/mol. The van der Waals surface area contributed by atoms with Gasteiger partial charge in [-0.05, 0) is 50.4 Å². The van der Waals surface area contributed by atoms with Crippen LogP contribution in [-0.2, 0) is 26.9 Å². The summed E-state index contributed by atoms with van der Waals surface area (Å²) in [7, 11) is 4.15. The Bertz CT molecular complexity index is 1200. The molecule has 0 saturated heterocycles. The molecule has 4 rings (SSSR count). The fourth-order valence-electron chi connectivity index (χ4n) is 5.39. The Morgan fingerprint density at radius 2 is 0.941 bits per heavy atom. The molecule has 0 aliphatic heterocycles. The van der Waals surface area contributed by atoms with Crippen LogP contribution < -0.4 is 0 Å². The summed E-state index contributed by atoms with van der Waals surface area (Å²) < 4.78 is 4.26. The second kappa shape index (κ2) is 9.85. The van der Waals surface area contributed by atoms with Crippen LogP contribution in [0.25, 0.3) is 33.7 Å². The highest BCUT2D eigenvalue weighted by Crippen LogP contribution is 2.35. The lowest BCUT2D eigenvalue weighted by molar-refractivity contribution is 0.643. The molecule has 0 atom stereocenters. The first-order chi connectivity index (χ1) is 16.4. The van der Waals surface area contributed by atoms with E-state index in [0.29, 0.717) is 11.8 Å². The summed E-state index contributed by atoms with van der Waals surface area (Å²) in [5.41, 5.74) is 10.3. The van der Waals surface area contributed by atoms with Gasteiger partial charge in [-0.15, -0.1) is 0 Å². The van der Waals surface area contributed by atoms with Crippen LogP contribution in [0, 0.1) is 0 Å². The van der Waals surface area contributed by atoms with Crippen molar-refractivity contribution in [1.29, 1.82) is 0 Å². The zero-order chi connectivity index (χ0) is 24.6. The average Bonchev–Trinajstić information content (AvgIpc) is 3.35. The van der Waals surface area contributed by atoms with Gasteiger partial charge in [-0.2, -0.15) is 0 Å². The summed E-state index contributed by atoms with van der Waals surface area (Å²) >= 11 is 0. The molecule has 6 heteroatoms. The Morgan fingerprint density at radius 1 is 0.588 bits per heavy atom. The molecule has 0 saturated carbocycles. The van der Waals surface area contributed by atoms with Gasteiger partial charge in [0.25, 0.3) is 0 Å². The lowest BCUT2D eigenvalue weighted by Gasteiger charge is -2.14. The topological polar surface area (TPSA) is 61.4 Å². The van der Waals surface area contributed by atoms with E-state index in [2.05, 4.69) is 77.2 Å². The summed E-state index contributed by atoms with van der Waals surface area (Å²) in [5.74, 6) is 1.01. The second-order valence-electron chi connectivity index (χ2n) is 9.51. The minimum Gasteiger partial charge on any atom is -0.334 e. The molecule has 182 valence electrons. The van der Waals surface area contributed by atoms with Gasteiger partial charge < -0.3 is 9.13 Å². The molecule has 0 amide bonds. The molecule has 6 nitrogen and oxygen atoms in total. The van der Waals surface area contributed by atoms with Gasteiger partial charge in [0, 0.05) is 37.6 Å². The van der Waals surface area contributed by atoms with Crippen molar-refractivity contribution < 1.29 is 0 Å². The third-order valence-corrected chi connectivity index (χ3v) is 7.52. The van der Waals surface area contributed by atoms with E-state index in [1.165, 1.54) is 11.1 Å². The maximum atomic E-state index is 5.20. The van der Waals surface area contributed by atoms with Crippen LogP contribution in [0.2, 0.25) is 0 Å². The summed E-state index contributed by atoms with van der Waals surface area (Å²) in [6.07, 6.45) is 10.5. The molecular formula is C28H40N6. The first kappa shape index (κ1) is 24.4. The van der Waals surface area contributed by atoms with Crippen molar-refractivity contribution in [2.75, 3.05) is 0 Å². The maximum absolute atomic E-state index is 5.20. The van der Waals surface area contributed by atoms with Gasteiger partial charge in [0.15, 0.2) is 11.3 Å². The molecule has 0 N–H and O–H groups in total. The zero-order valence-corrected chi connectivity index (χ0v) is 22.2. The second-order valence-corrected chi connectivity index (χ2v) is 9.51. The van der Waals surface area contributed by atoms with Crippen molar-refractivity contribution in [3.63, 3.8) is 0 Å².